The van der Waals surface area contributed by atoms with Crippen LogP contribution in [0, 0.1) is 0 Å². The van der Waals surface area contributed by atoms with Gasteiger partial charge in [-0.2, -0.15) is 0 Å². The van der Waals surface area contributed by atoms with E-state index in [4.69, 9.17) is 10.5 Å². The van der Waals surface area contributed by atoms with Crippen LogP contribution in [0.3, 0.4) is 0 Å². The highest BCUT2D eigenvalue weighted by Gasteiger charge is 2.14. The molecular formula is C13H26N2O2. The molecular weight excluding hydrogens is 216 g/mol. The summed E-state index contributed by atoms with van der Waals surface area (Å²) in [6.07, 6.45) is 7.19. The van der Waals surface area contributed by atoms with Crippen LogP contribution >= 0.6 is 0 Å². The minimum atomic E-state index is 0.142. The molecule has 100 valence electrons. The van der Waals surface area contributed by atoms with Crippen molar-refractivity contribution in [3.8, 4) is 0 Å². The Bertz CT molecular complexity index is 213. The fraction of sp³-hybridized carbons (Fsp3) is 0.923. The number of ether oxygens (including phenoxy) is 1. The van der Waals surface area contributed by atoms with Gasteiger partial charge >= 0.3 is 0 Å². The Balaban J connectivity index is 1.96. The number of nitrogens with one attached hydrogen (secondary N) is 1. The number of nitrogens with two attached hydrogens (primary N) is 1. The molecule has 0 bridgehead atoms. The molecule has 1 amide bonds. The van der Waals surface area contributed by atoms with Gasteiger partial charge in [-0.25, -0.2) is 0 Å². The predicted molar refractivity (Wildman–Crippen MR) is 68.7 cm³/mol. The summed E-state index contributed by atoms with van der Waals surface area (Å²) >= 11 is 0. The number of hydrogen-bond acceptors (Lipinski definition) is 3. The van der Waals surface area contributed by atoms with E-state index in [0.717, 1.165) is 38.8 Å². The Morgan fingerprint density at radius 3 is 3.00 bits per heavy atom. The highest BCUT2D eigenvalue weighted by molar-refractivity contribution is 5.75. The average molecular weight is 242 g/mol. The summed E-state index contributed by atoms with van der Waals surface area (Å²) in [5.41, 5.74) is 5.64. The first-order valence-corrected chi connectivity index (χ1v) is 6.82. The zero-order valence-electron chi connectivity index (χ0n) is 10.9. The molecule has 0 aromatic heterocycles. The van der Waals surface area contributed by atoms with Gasteiger partial charge in [0.25, 0.3) is 0 Å². The summed E-state index contributed by atoms with van der Waals surface area (Å²) in [7, 11) is 0. The lowest BCUT2D eigenvalue weighted by molar-refractivity contribution is -0.122. The average Bonchev–Trinajstić information content (AvgIpc) is 2.33. The van der Waals surface area contributed by atoms with Crippen molar-refractivity contribution in [3.63, 3.8) is 0 Å². The molecule has 0 spiro atoms. The number of rotatable bonds is 7. The quantitative estimate of drug-likeness (QED) is 0.666. The fourth-order valence-electron chi connectivity index (χ4n) is 2.07. The number of carbonyl (C=O) groups is 1. The first kappa shape index (κ1) is 14.5. The van der Waals surface area contributed by atoms with E-state index >= 15 is 0 Å². The Morgan fingerprint density at radius 2 is 2.35 bits per heavy atom. The van der Waals surface area contributed by atoms with Gasteiger partial charge in [0.05, 0.1) is 6.10 Å². The van der Waals surface area contributed by atoms with E-state index in [0.29, 0.717) is 12.5 Å². The van der Waals surface area contributed by atoms with Crippen molar-refractivity contribution >= 4 is 5.91 Å². The maximum absolute atomic E-state index is 11.5. The van der Waals surface area contributed by atoms with Gasteiger partial charge in [0, 0.05) is 25.6 Å². The number of hydrogen-bond donors (Lipinski definition) is 2. The zero-order chi connectivity index (χ0) is 12.5. The lowest BCUT2D eigenvalue weighted by atomic mass is 10.0. The van der Waals surface area contributed by atoms with Crippen LogP contribution in [0.4, 0.5) is 0 Å². The van der Waals surface area contributed by atoms with E-state index in [-0.39, 0.29) is 11.9 Å². The molecule has 0 radical (unpaired) electrons. The lowest BCUT2D eigenvalue weighted by Crippen LogP contribution is -2.28. The van der Waals surface area contributed by atoms with E-state index < -0.39 is 0 Å². The molecule has 2 atom stereocenters. The van der Waals surface area contributed by atoms with Gasteiger partial charge in [-0.1, -0.05) is 0 Å². The van der Waals surface area contributed by atoms with E-state index in [9.17, 15) is 4.79 Å². The van der Waals surface area contributed by atoms with Crippen LogP contribution < -0.4 is 11.1 Å². The molecule has 1 fully saturated rings. The molecule has 2 unspecified atom stereocenters. The van der Waals surface area contributed by atoms with Crippen LogP contribution in [0.1, 0.15) is 51.9 Å². The third-order valence-electron chi connectivity index (χ3n) is 3.13. The van der Waals surface area contributed by atoms with Gasteiger partial charge in [-0.15, -0.1) is 0 Å². The largest absolute Gasteiger partial charge is 0.378 e. The van der Waals surface area contributed by atoms with Gasteiger partial charge in [0.2, 0.25) is 5.91 Å². The molecule has 4 heteroatoms. The maximum atomic E-state index is 11.5. The Kier molecular flexibility index (Phi) is 7.21. The molecule has 3 N–H and O–H groups in total. The maximum Gasteiger partial charge on any atom is 0.220 e. The van der Waals surface area contributed by atoms with E-state index in [1.807, 2.05) is 6.92 Å². The third kappa shape index (κ3) is 7.34. The lowest BCUT2D eigenvalue weighted by Gasteiger charge is -2.22. The topological polar surface area (TPSA) is 64.3 Å². The molecule has 1 aliphatic rings. The second-order valence-corrected chi connectivity index (χ2v) is 5.00. The van der Waals surface area contributed by atoms with E-state index in [2.05, 4.69) is 5.32 Å². The van der Waals surface area contributed by atoms with Crippen molar-refractivity contribution in [2.24, 2.45) is 5.73 Å². The van der Waals surface area contributed by atoms with Crippen LogP contribution in [0.2, 0.25) is 0 Å². The summed E-state index contributed by atoms with van der Waals surface area (Å²) in [6, 6.07) is 0.225. The Morgan fingerprint density at radius 1 is 1.53 bits per heavy atom. The molecule has 17 heavy (non-hydrogen) atoms. The number of carbonyl (C=O) groups excluding carboxylic acids is 1. The van der Waals surface area contributed by atoms with Crippen LogP contribution in [0.15, 0.2) is 0 Å². The van der Waals surface area contributed by atoms with E-state index in [1.54, 1.807) is 0 Å². The normalized spacial score (nSPS) is 22.1. The molecule has 0 saturated carbocycles. The third-order valence-corrected chi connectivity index (χ3v) is 3.13. The SMILES string of the molecule is CC(N)CCCNC(=O)CCC1CCCCO1. The van der Waals surface area contributed by atoms with Crippen molar-refractivity contribution in [2.45, 2.75) is 64.0 Å². The van der Waals surface area contributed by atoms with Crippen LogP contribution in [-0.2, 0) is 9.53 Å². The first-order valence-electron chi connectivity index (χ1n) is 6.82. The van der Waals surface area contributed by atoms with Gasteiger partial charge in [0.15, 0.2) is 0 Å². The zero-order valence-corrected chi connectivity index (χ0v) is 10.9. The van der Waals surface area contributed by atoms with Crippen molar-refractivity contribution < 1.29 is 9.53 Å². The summed E-state index contributed by atoms with van der Waals surface area (Å²) in [5, 5.41) is 2.93. The molecule has 1 rings (SSSR count). The molecule has 0 aromatic carbocycles. The van der Waals surface area contributed by atoms with Crippen molar-refractivity contribution in [2.75, 3.05) is 13.2 Å². The minimum Gasteiger partial charge on any atom is -0.378 e. The Hall–Kier alpha value is -0.610. The van der Waals surface area contributed by atoms with Gasteiger partial charge in [-0.3, -0.25) is 4.79 Å². The van der Waals surface area contributed by atoms with Crippen molar-refractivity contribution in [1.82, 2.24) is 5.32 Å². The fourth-order valence-corrected chi connectivity index (χ4v) is 2.07. The standard InChI is InChI=1S/C13H26N2O2/c1-11(14)5-4-9-15-13(16)8-7-12-6-2-3-10-17-12/h11-12H,2-10,14H2,1H3,(H,15,16). The highest BCUT2D eigenvalue weighted by Crippen LogP contribution is 2.16. The van der Waals surface area contributed by atoms with Gasteiger partial charge in [-0.05, 0) is 45.4 Å². The molecule has 1 aliphatic heterocycles. The van der Waals surface area contributed by atoms with Crippen LogP contribution in [0.25, 0.3) is 0 Å². The monoisotopic (exact) mass is 242 g/mol. The first-order chi connectivity index (χ1) is 8.18. The van der Waals surface area contributed by atoms with Crippen molar-refractivity contribution in [1.29, 1.82) is 0 Å². The highest BCUT2D eigenvalue weighted by atomic mass is 16.5. The smallest absolute Gasteiger partial charge is 0.220 e. The molecule has 0 aliphatic carbocycles. The Labute approximate surface area is 104 Å². The molecule has 0 aromatic rings. The molecule has 1 saturated heterocycles. The van der Waals surface area contributed by atoms with Crippen LogP contribution in [-0.4, -0.2) is 31.2 Å². The summed E-state index contributed by atoms with van der Waals surface area (Å²) < 4.78 is 5.59. The predicted octanol–water partition coefficient (Wildman–Crippen LogP) is 1.58. The second-order valence-electron chi connectivity index (χ2n) is 5.00. The number of amides is 1. The van der Waals surface area contributed by atoms with Crippen LogP contribution in [0.5, 0.6) is 0 Å². The van der Waals surface area contributed by atoms with Crippen molar-refractivity contribution in [3.05, 3.63) is 0 Å². The second kappa shape index (κ2) is 8.48. The summed E-state index contributed by atoms with van der Waals surface area (Å²) in [4.78, 5) is 11.5. The van der Waals surface area contributed by atoms with E-state index in [1.165, 1.54) is 12.8 Å². The summed E-state index contributed by atoms with van der Waals surface area (Å²) in [6.45, 7) is 3.59. The molecule has 4 nitrogen and oxygen atoms in total. The van der Waals surface area contributed by atoms with Gasteiger partial charge < -0.3 is 15.8 Å². The minimum absolute atomic E-state index is 0.142. The summed E-state index contributed by atoms with van der Waals surface area (Å²) in [5.74, 6) is 0.142. The van der Waals surface area contributed by atoms with Gasteiger partial charge in [0.1, 0.15) is 0 Å². The molecule has 1 heterocycles.